The molecule has 4 nitrogen and oxygen atoms in total. The van der Waals surface area contributed by atoms with Gasteiger partial charge in [0.15, 0.2) is 0 Å². The van der Waals surface area contributed by atoms with Gasteiger partial charge in [-0.15, -0.1) is 16.4 Å². The number of hydrogen-bond acceptors (Lipinski definition) is 5. The molecular weight excluding hydrogens is 160 g/mol. The van der Waals surface area contributed by atoms with Gasteiger partial charge in [0.25, 0.3) is 0 Å². The molecule has 0 radical (unpaired) electrons. The second kappa shape index (κ2) is 2.44. The first-order chi connectivity index (χ1) is 5.42. The average Bonchev–Trinajstić information content (AvgIpc) is 2.50. The van der Waals surface area contributed by atoms with Crippen molar-refractivity contribution in [3.8, 4) is 0 Å². The van der Waals surface area contributed by atoms with Crippen molar-refractivity contribution in [1.29, 1.82) is 0 Å². The van der Waals surface area contributed by atoms with Crippen LogP contribution in [0.5, 0.6) is 0 Å². The summed E-state index contributed by atoms with van der Waals surface area (Å²) < 4.78 is 1.04. The topological polar surface area (TPSA) is 63.8 Å². The van der Waals surface area contributed by atoms with Crippen molar-refractivity contribution < 1.29 is 0 Å². The Morgan fingerprint density at radius 2 is 2.45 bits per heavy atom. The molecule has 11 heavy (non-hydrogen) atoms. The lowest BCUT2D eigenvalue weighted by atomic mass is 10.4. The number of nitrogens with two attached hydrogens (primary N) is 1. The standard InChI is InChI=1S/C6H6N4S/c7-9-5-3-8-10-4-1-2-11-6(4)5/h1-3H,7H2,(H,9,10). The summed E-state index contributed by atoms with van der Waals surface area (Å²) in [4.78, 5) is 0. The Morgan fingerprint density at radius 3 is 3.27 bits per heavy atom. The smallest absolute Gasteiger partial charge is 0.106 e. The van der Waals surface area contributed by atoms with Crippen molar-refractivity contribution in [2.75, 3.05) is 5.43 Å². The Kier molecular flexibility index (Phi) is 1.45. The van der Waals surface area contributed by atoms with Gasteiger partial charge in [0.2, 0.25) is 0 Å². The van der Waals surface area contributed by atoms with E-state index in [-0.39, 0.29) is 0 Å². The number of nitrogen functional groups attached to an aromatic ring is 1. The highest BCUT2D eigenvalue weighted by atomic mass is 32.1. The summed E-state index contributed by atoms with van der Waals surface area (Å²) in [6.07, 6.45) is 1.61. The Balaban J connectivity index is 2.79. The molecule has 0 spiro atoms. The van der Waals surface area contributed by atoms with Crippen LogP contribution >= 0.6 is 11.3 Å². The molecule has 0 bridgehead atoms. The molecule has 0 fully saturated rings. The zero-order chi connectivity index (χ0) is 7.68. The monoisotopic (exact) mass is 166 g/mol. The Labute approximate surface area is 67.0 Å². The lowest BCUT2D eigenvalue weighted by molar-refractivity contribution is 1.08. The largest absolute Gasteiger partial charge is 0.321 e. The minimum absolute atomic E-state index is 0.824. The van der Waals surface area contributed by atoms with Crippen LogP contribution in [0.15, 0.2) is 17.6 Å². The zero-order valence-electron chi connectivity index (χ0n) is 5.61. The number of nitrogens with zero attached hydrogens (tertiary/aromatic N) is 2. The fraction of sp³-hybridized carbons (Fsp3) is 0. The first kappa shape index (κ1) is 6.51. The fourth-order valence-electron chi connectivity index (χ4n) is 0.893. The van der Waals surface area contributed by atoms with Gasteiger partial charge in [-0.3, -0.25) is 5.84 Å². The number of rotatable bonds is 1. The van der Waals surface area contributed by atoms with E-state index >= 15 is 0 Å². The number of aromatic nitrogens is 2. The van der Waals surface area contributed by atoms with Crippen molar-refractivity contribution in [3.63, 3.8) is 0 Å². The molecule has 0 saturated heterocycles. The van der Waals surface area contributed by atoms with E-state index in [0.717, 1.165) is 15.9 Å². The molecule has 0 unspecified atom stereocenters. The molecule has 0 aliphatic rings. The summed E-state index contributed by atoms with van der Waals surface area (Å²) in [7, 11) is 0. The quantitative estimate of drug-likeness (QED) is 0.489. The van der Waals surface area contributed by atoms with Crippen LogP contribution in [0.25, 0.3) is 10.2 Å². The summed E-state index contributed by atoms with van der Waals surface area (Å²) in [6, 6.07) is 1.91. The summed E-state index contributed by atoms with van der Waals surface area (Å²) in [5.41, 5.74) is 4.27. The van der Waals surface area contributed by atoms with Crippen LogP contribution < -0.4 is 11.3 Å². The first-order valence-corrected chi connectivity index (χ1v) is 3.95. The number of hydrogen-bond donors (Lipinski definition) is 2. The van der Waals surface area contributed by atoms with Crippen LogP contribution in [0.1, 0.15) is 0 Å². The van der Waals surface area contributed by atoms with Crippen LogP contribution in [-0.2, 0) is 0 Å². The molecule has 0 aliphatic heterocycles. The van der Waals surface area contributed by atoms with Crippen LogP contribution in [-0.4, -0.2) is 10.2 Å². The van der Waals surface area contributed by atoms with Crippen LogP contribution in [0.2, 0.25) is 0 Å². The van der Waals surface area contributed by atoms with Crippen molar-refractivity contribution in [1.82, 2.24) is 10.2 Å². The lowest BCUT2D eigenvalue weighted by Gasteiger charge is -1.97. The van der Waals surface area contributed by atoms with Crippen LogP contribution in [0.3, 0.4) is 0 Å². The van der Waals surface area contributed by atoms with Gasteiger partial charge in [-0.1, -0.05) is 0 Å². The molecular formula is C6H6N4S. The summed E-state index contributed by atoms with van der Waals surface area (Å²) in [6.45, 7) is 0. The molecule has 2 rings (SSSR count). The SMILES string of the molecule is NNc1cnnc2ccsc12. The summed E-state index contributed by atoms with van der Waals surface area (Å²) in [5, 5.41) is 9.64. The molecule has 2 heterocycles. The molecule has 0 amide bonds. The van der Waals surface area contributed by atoms with Crippen molar-refractivity contribution in [2.24, 2.45) is 5.84 Å². The van der Waals surface area contributed by atoms with Crippen LogP contribution in [0, 0.1) is 0 Å². The fourth-order valence-corrected chi connectivity index (χ4v) is 1.69. The maximum absolute atomic E-state index is 5.26. The second-order valence-corrected chi connectivity index (χ2v) is 2.95. The van der Waals surface area contributed by atoms with Gasteiger partial charge < -0.3 is 5.43 Å². The van der Waals surface area contributed by atoms with Gasteiger partial charge in [-0.2, -0.15) is 5.10 Å². The highest BCUT2D eigenvalue weighted by Gasteiger charge is 2.00. The molecule has 2 aromatic heterocycles. The van der Waals surface area contributed by atoms with E-state index in [1.165, 1.54) is 0 Å². The first-order valence-electron chi connectivity index (χ1n) is 3.07. The number of nitrogens with one attached hydrogen (secondary N) is 1. The van der Waals surface area contributed by atoms with Gasteiger partial charge in [-0.05, 0) is 11.4 Å². The summed E-state index contributed by atoms with van der Waals surface area (Å²) in [5.74, 6) is 5.26. The van der Waals surface area contributed by atoms with Gasteiger partial charge in [0.05, 0.1) is 16.6 Å². The van der Waals surface area contributed by atoms with Crippen molar-refractivity contribution in [2.45, 2.75) is 0 Å². The number of thiophene rings is 1. The molecule has 56 valence electrons. The molecule has 3 N–H and O–H groups in total. The Bertz CT molecular complexity index is 369. The highest BCUT2D eigenvalue weighted by molar-refractivity contribution is 7.17. The predicted molar refractivity (Wildman–Crippen MR) is 45.2 cm³/mol. The van der Waals surface area contributed by atoms with E-state index in [2.05, 4.69) is 15.6 Å². The number of anilines is 1. The predicted octanol–water partition coefficient (Wildman–Crippen LogP) is 0.977. The molecule has 2 aromatic rings. The Morgan fingerprint density at radius 1 is 1.55 bits per heavy atom. The minimum Gasteiger partial charge on any atom is -0.321 e. The molecule has 5 heteroatoms. The maximum atomic E-state index is 5.26. The zero-order valence-corrected chi connectivity index (χ0v) is 6.43. The van der Waals surface area contributed by atoms with E-state index < -0.39 is 0 Å². The Hall–Kier alpha value is -1.20. The molecule has 0 aromatic carbocycles. The van der Waals surface area contributed by atoms with Gasteiger partial charge in [0, 0.05) is 0 Å². The lowest BCUT2D eigenvalue weighted by Crippen LogP contribution is -2.07. The summed E-state index contributed by atoms with van der Waals surface area (Å²) >= 11 is 1.59. The molecule has 0 atom stereocenters. The molecule has 0 saturated carbocycles. The maximum Gasteiger partial charge on any atom is 0.106 e. The van der Waals surface area contributed by atoms with Crippen molar-refractivity contribution >= 4 is 27.2 Å². The van der Waals surface area contributed by atoms with Gasteiger partial charge >= 0.3 is 0 Å². The third kappa shape index (κ3) is 0.941. The van der Waals surface area contributed by atoms with E-state index in [9.17, 15) is 0 Å². The third-order valence-corrected chi connectivity index (χ3v) is 2.33. The van der Waals surface area contributed by atoms with E-state index in [1.807, 2.05) is 11.4 Å². The van der Waals surface area contributed by atoms with E-state index in [0.29, 0.717) is 0 Å². The number of fused-ring (bicyclic) bond motifs is 1. The van der Waals surface area contributed by atoms with E-state index in [1.54, 1.807) is 17.5 Å². The molecule has 0 aliphatic carbocycles. The minimum atomic E-state index is 0.824. The van der Waals surface area contributed by atoms with Gasteiger partial charge in [-0.25, -0.2) is 0 Å². The number of hydrazine groups is 1. The normalized spacial score (nSPS) is 10.3. The van der Waals surface area contributed by atoms with Crippen molar-refractivity contribution in [3.05, 3.63) is 17.6 Å². The average molecular weight is 166 g/mol. The van der Waals surface area contributed by atoms with E-state index in [4.69, 9.17) is 5.84 Å². The van der Waals surface area contributed by atoms with Gasteiger partial charge in [0.1, 0.15) is 5.52 Å². The van der Waals surface area contributed by atoms with Crippen LogP contribution in [0.4, 0.5) is 5.69 Å². The second-order valence-electron chi connectivity index (χ2n) is 2.04. The third-order valence-electron chi connectivity index (χ3n) is 1.40. The highest BCUT2D eigenvalue weighted by Crippen LogP contribution is 2.24.